The molecule has 0 aliphatic heterocycles. The van der Waals surface area contributed by atoms with Crippen LogP contribution >= 0.6 is 0 Å². The molecule has 9 nitrogen and oxygen atoms in total. The number of fused-ring (bicyclic) bond motifs is 1. The van der Waals surface area contributed by atoms with E-state index in [1.54, 1.807) is 25.1 Å². The summed E-state index contributed by atoms with van der Waals surface area (Å²) in [5, 5.41) is 6.37. The standard InChI is InChI=1S/C34H40N4O5/c1-22-25(20-35-29(39)19-34(2,3)4)14-17-27-30(22)32(41)43-33(36-27)37-28(18-23-12-15-26(42-6)16-13-23)31(40)38(5)21-24-10-8-7-9-11-24/h7-17,28H,18-21H2,1-6H3,(H,35,39)(H,36,37)/t28-/m0/s1. The second kappa shape index (κ2) is 13.5. The van der Waals surface area contributed by atoms with E-state index < -0.39 is 11.7 Å². The Kier molecular flexibility index (Phi) is 9.85. The van der Waals surface area contributed by atoms with Crippen molar-refractivity contribution < 1.29 is 18.7 Å². The molecule has 0 aliphatic rings. The fraction of sp³-hybridized carbons (Fsp3) is 0.353. The van der Waals surface area contributed by atoms with E-state index in [0.29, 0.717) is 48.1 Å². The van der Waals surface area contributed by atoms with Crippen LogP contribution in [0.1, 0.15) is 49.4 Å². The van der Waals surface area contributed by atoms with E-state index >= 15 is 0 Å². The number of methoxy groups -OCH3 is 1. The van der Waals surface area contributed by atoms with Gasteiger partial charge in [0, 0.05) is 33.0 Å². The molecule has 43 heavy (non-hydrogen) atoms. The topological polar surface area (TPSA) is 114 Å². The molecule has 0 unspecified atom stereocenters. The number of ether oxygens (including phenoxy) is 1. The number of benzene rings is 3. The summed E-state index contributed by atoms with van der Waals surface area (Å²) in [5.74, 6) is 0.481. The zero-order valence-electron chi connectivity index (χ0n) is 25.7. The minimum atomic E-state index is -0.756. The van der Waals surface area contributed by atoms with Gasteiger partial charge in [-0.05, 0) is 52.8 Å². The number of nitrogens with one attached hydrogen (secondary N) is 2. The number of nitrogens with zero attached hydrogens (tertiary/aromatic N) is 2. The largest absolute Gasteiger partial charge is 0.497 e. The molecule has 1 atom stereocenters. The van der Waals surface area contributed by atoms with Crippen LogP contribution in [0.5, 0.6) is 5.75 Å². The summed E-state index contributed by atoms with van der Waals surface area (Å²) in [4.78, 5) is 45.4. The zero-order chi connectivity index (χ0) is 31.1. The van der Waals surface area contributed by atoms with Crippen molar-refractivity contribution in [3.8, 4) is 5.75 Å². The number of hydrogen-bond acceptors (Lipinski definition) is 7. The summed E-state index contributed by atoms with van der Waals surface area (Å²) < 4.78 is 10.9. The molecule has 0 saturated heterocycles. The number of amides is 2. The predicted molar refractivity (Wildman–Crippen MR) is 168 cm³/mol. The molecule has 9 heteroatoms. The third kappa shape index (κ3) is 8.44. The predicted octanol–water partition coefficient (Wildman–Crippen LogP) is 5.24. The highest BCUT2D eigenvalue weighted by Gasteiger charge is 2.25. The molecular weight excluding hydrogens is 544 g/mol. The van der Waals surface area contributed by atoms with Gasteiger partial charge < -0.3 is 24.7 Å². The molecule has 4 aromatic rings. The Balaban J connectivity index is 1.58. The van der Waals surface area contributed by atoms with Gasteiger partial charge in [-0.25, -0.2) is 4.79 Å². The van der Waals surface area contributed by atoms with E-state index in [2.05, 4.69) is 15.6 Å². The highest BCUT2D eigenvalue weighted by molar-refractivity contribution is 5.86. The molecule has 0 spiro atoms. The molecule has 226 valence electrons. The molecule has 4 rings (SSSR count). The second-order valence-corrected chi connectivity index (χ2v) is 12.0. The minimum Gasteiger partial charge on any atom is -0.497 e. The Labute approximate surface area is 252 Å². The van der Waals surface area contributed by atoms with Crippen molar-refractivity contribution in [2.24, 2.45) is 5.41 Å². The fourth-order valence-electron chi connectivity index (χ4n) is 4.90. The monoisotopic (exact) mass is 584 g/mol. The number of aromatic nitrogens is 1. The maximum atomic E-state index is 13.7. The van der Waals surface area contributed by atoms with Crippen molar-refractivity contribution in [2.45, 2.75) is 59.7 Å². The number of rotatable bonds is 11. The van der Waals surface area contributed by atoms with Gasteiger partial charge in [0.15, 0.2) is 0 Å². The van der Waals surface area contributed by atoms with Gasteiger partial charge in [0.2, 0.25) is 11.8 Å². The first-order valence-electron chi connectivity index (χ1n) is 14.3. The van der Waals surface area contributed by atoms with Crippen LogP contribution in [0.3, 0.4) is 0 Å². The van der Waals surface area contributed by atoms with E-state index in [-0.39, 0.29) is 23.2 Å². The van der Waals surface area contributed by atoms with Crippen molar-refractivity contribution in [2.75, 3.05) is 19.5 Å². The molecular formula is C34H40N4O5. The Bertz CT molecular complexity index is 1630. The van der Waals surface area contributed by atoms with E-state index in [0.717, 1.165) is 16.7 Å². The average molecular weight is 585 g/mol. The van der Waals surface area contributed by atoms with E-state index in [1.165, 1.54) is 0 Å². The van der Waals surface area contributed by atoms with Crippen LogP contribution in [0.4, 0.5) is 6.01 Å². The molecule has 0 fully saturated rings. The summed E-state index contributed by atoms with van der Waals surface area (Å²) in [6.07, 6.45) is 0.729. The van der Waals surface area contributed by atoms with Gasteiger partial charge in [0.05, 0.1) is 18.0 Å². The quantitative estimate of drug-likeness (QED) is 0.248. The van der Waals surface area contributed by atoms with Crippen LogP contribution in [0.25, 0.3) is 10.9 Å². The van der Waals surface area contributed by atoms with E-state index in [4.69, 9.17) is 9.15 Å². The first-order valence-corrected chi connectivity index (χ1v) is 14.3. The summed E-state index contributed by atoms with van der Waals surface area (Å²) in [7, 11) is 3.34. The third-order valence-corrected chi connectivity index (χ3v) is 7.17. The Morgan fingerprint density at radius 1 is 1.00 bits per heavy atom. The number of aryl methyl sites for hydroxylation is 1. The summed E-state index contributed by atoms with van der Waals surface area (Å²) in [6.45, 7) is 8.55. The van der Waals surface area contributed by atoms with Crippen LogP contribution < -0.4 is 21.0 Å². The van der Waals surface area contributed by atoms with Crippen LogP contribution in [0.15, 0.2) is 75.9 Å². The van der Waals surface area contributed by atoms with E-state index in [1.807, 2.05) is 88.4 Å². The average Bonchev–Trinajstić information content (AvgIpc) is 2.96. The van der Waals surface area contributed by atoms with Crippen molar-refractivity contribution in [1.82, 2.24) is 15.2 Å². The Morgan fingerprint density at radius 3 is 2.35 bits per heavy atom. The lowest BCUT2D eigenvalue weighted by atomic mass is 9.92. The van der Waals surface area contributed by atoms with Crippen molar-refractivity contribution in [3.63, 3.8) is 0 Å². The van der Waals surface area contributed by atoms with Crippen molar-refractivity contribution in [1.29, 1.82) is 0 Å². The van der Waals surface area contributed by atoms with Gasteiger partial charge in [-0.3, -0.25) is 9.59 Å². The molecule has 0 bridgehead atoms. The van der Waals surface area contributed by atoms with Crippen LogP contribution in [0, 0.1) is 12.3 Å². The minimum absolute atomic E-state index is 0.0388. The van der Waals surface area contributed by atoms with E-state index in [9.17, 15) is 14.4 Å². The van der Waals surface area contributed by atoms with Gasteiger partial charge >= 0.3 is 5.63 Å². The highest BCUT2D eigenvalue weighted by atomic mass is 16.5. The maximum absolute atomic E-state index is 13.7. The normalized spacial score (nSPS) is 12.0. The smallest absolute Gasteiger partial charge is 0.348 e. The number of carbonyl (C=O) groups is 2. The third-order valence-electron chi connectivity index (χ3n) is 7.17. The summed E-state index contributed by atoms with van der Waals surface area (Å²) >= 11 is 0. The number of carbonyl (C=O) groups excluding carboxylic acids is 2. The number of likely N-dealkylation sites (N-methyl/N-ethyl adjacent to an activating group) is 1. The van der Waals surface area contributed by atoms with Crippen LogP contribution in [0.2, 0.25) is 0 Å². The molecule has 1 aromatic heterocycles. The lowest BCUT2D eigenvalue weighted by Gasteiger charge is -2.25. The van der Waals surface area contributed by atoms with Gasteiger partial charge in [0.1, 0.15) is 11.8 Å². The fourth-order valence-corrected chi connectivity index (χ4v) is 4.90. The molecule has 3 aromatic carbocycles. The van der Waals surface area contributed by atoms with Crippen molar-refractivity contribution in [3.05, 3.63) is 99.4 Å². The Hall–Kier alpha value is -4.66. The molecule has 2 amide bonds. The Morgan fingerprint density at radius 2 is 1.70 bits per heavy atom. The highest BCUT2D eigenvalue weighted by Crippen LogP contribution is 2.22. The van der Waals surface area contributed by atoms with Gasteiger partial charge in [-0.15, -0.1) is 0 Å². The van der Waals surface area contributed by atoms with Crippen LogP contribution in [-0.4, -0.2) is 41.9 Å². The molecule has 0 radical (unpaired) electrons. The zero-order valence-corrected chi connectivity index (χ0v) is 25.7. The van der Waals surface area contributed by atoms with Crippen molar-refractivity contribution >= 4 is 28.7 Å². The number of hydrogen-bond donors (Lipinski definition) is 2. The summed E-state index contributed by atoms with van der Waals surface area (Å²) in [6, 6.07) is 20.0. The first kappa shape index (κ1) is 31.3. The maximum Gasteiger partial charge on any atom is 0.348 e. The first-order chi connectivity index (χ1) is 20.4. The summed E-state index contributed by atoms with van der Waals surface area (Å²) in [5.41, 5.74) is 3.14. The molecule has 0 saturated carbocycles. The van der Waals surface area contributed by atoms with Crippen LogP contribution in [-0.2, 0) is 29.1 Å². The molecule has 1 heterocycles. The lowest BCUT2D eigenvalue weighted by Crippen LogP contribution is -2.42. The molecule has 2 N–H and O–H groups in total. The van der Waals surface area contributed by atoms with Gasteiger partial charge in [0.25, 0.3) is 6.01 Å². The van der Waals surface area contributed by atoms with Gasteiger partial charge in [-0.1, -0.05) is 69.3 Å². The lowest BCUT2D eigenvalue weighted by molar-refractivity contribution is -0.131. The SMILES string of the molecule is COc1ccc(C[C@H](Nc2nc3ccc(CNC(=O)CC(C)(C)C)c(C)c3c(=O)o2)C(=O)N(C)Cc2ccccc2)cc1. The second-order valence-electron chi connectivity index (χ2n) is 12.0. The number of anilines is 1. The van der Waals surface area contributed by atoms with Gasteiger partial charge in [-0.2, -0.15) is 4.98 Å². The molecule has 0 aliphatic carbocycles.